The fraction of sp³-hybridized carbons (Fsp3) is 0.536. The average Bonchev–Trinajstić information content (AvgIpc) is 3.32. The summed E-state index contributed by atoms with van der Waals surface area (Å²) in [6.45, 7) is 0.341. The van der Waals surface area contributed by atoms with Gasteiger partial charge in [0.25, 0.3) is 11.8 Å². The summed E-state index contributed by atoms with van der Waals surface area (Å²) in [5.41, 5.74) is 6.09. The molecule has 0 aromatic carbocycles. The van der Waals surface area contributed by atoms with Gasteiger partial charge in [0.1, 0.15) is 28.9 Å². The van der Waals surface area contributed by atoms with Crippen LogP contribution in [0, 0.1) is 5.92 Å². The van der Waals surface area contributed by atoms with Gasteiger partial charge in [-0.2, -0.15) is 13.2 Å². The van der Waals surface area contributed by atoms with Gasteiger partial charge >= 0.3 is 18.1 Å². The van der Waals surface area contributed by atoms with Crippen molar-refractivity contribution in [3.63, 3.8) is 0 Å². The first-order valence-corrected chi connectivity index (χ1v) is 16.6. The third kappa shape index (κ3) is 6.49. The number of carbonyl (C=O) groups excluding carboxylic acids is 5. The van der Waals surface area contributed by atoms with Gasteiger partial charge in [-0.15, -0.1) is 23.1 Å². The van der Waals surface area contributed by atoms with E-state index in [4.69, 9.17) is 10.6 Å². The number of carbonyl (C=O) groups is 5. The van der Waals surface area contributed by atoms with Crippen molar-refractivity contribution in [2.75, 3.05) is 18.0 Å². The largest absolute Gasteiger partial charge is 0.491 e. The van der Waals surface area contributed by atoms with Crippen molar-refractivity contribution in [2.24, 2.45) is 11.1 Å². The molecule has 3 amide bonds. The number of hydrogen-bond donors (Lipinski definition) is 3. The number of esters is 2. The van der Waals surface area contributed by atoms with E-state index in [2.05, 4.69) is 25.5 Å². The Morgan fingerprint density at radius 2 is 1.91 bits per heavy atom. The number of aromatic nitrogens is 1. The fourth-order valence-electron chi connectivity index (χ4n) is 5.81. The zero-order chi connectivity index (χ0) is 32.7. The molecule has 2 atom stereocenters. The summed E-state index contributed by atoms with van der Waals surface area (Å²) in [7, 11) is 0. The van der Waals surface area contributed by atoms with Gasteiger partial charge < -0.3 is 25.9 Å². The Kier molecular flexibility index (Phi) is 8.84. The molecule has 5 aliphatic rings. The van der Waals surface area contributed by atoms with Crippen molar-refractivity contribution in [2.45, 2.75) is 75.1 Å². The Bertz CT molecular complexity index is 1580. The normalized spacial score (nSPS) is 24.8. The summed E-state index contributed by atoms with van der Waals surface area (Å²) in [6.07, 6.45) is 0.191. The second-order valence-corrected chi connectivity index (χ2v) is 13.5. The Labute approximate surface area is 268 Å². The van der Waals surface area contributed by atoms with Gasteiger partial charge in [-0.1, -0.05) is 5.16 Å². The zero-order valence-electron chi connectivity index (χ0n) is 24.2. The van der Waals surface area contributed by atoms with Crippen LogP contribution in [0.25, 0.3) is 0 Å². The Morgan fingerprint density at radius 1 is 1.17 bits per heavy atom. The Balaban J connectivity index is 1.30. The molecule has 46 heavy (non-hydrogen) atoms. The maximum absolute atomic E-state index is 13.6. The van der Waals surface area contributed by atoms with Gasteiger partial charge in [-0.05, 0) is 68.4 Å². The van der Waals surface area contributed by atoms with E-state index in [1.165, 1.54) is 5.38 Å². The van der Waals surface area contributed by atoms with Crippen LogP contribution in [0.15, 0.2) is 33.0 Å². The number of anilines is 1. The van der Waals surface area contributed by atoms with Gasteiger partial charge in [-0.3, -0.25) is 19.3 Å². The van der Waals surface area contributed by atoms with Crippen molar-refractivity contribution >= 4 is 63.6 Å². The van der Waals surface area contributed by atoms with Gasteiger partial charge in [0.05, 0.1) is 0 Å². The van der Waals surface area contributed by atoms with E-state index in [-0.39, 0.29) is 45.8 Å². The minimum atomic E-state index is -5.47. The van der Waals surface area contributed by atoms with E-state index in [1.807, 2.05) is 0 Å². The highest BCUT2D eigenvalue weighted by atomic mass is 32.2. The number of rotatable bonds is 9. The molecule has 2 saturated carbocycles. The number of hydrogen-bond acceptors (Lipinski definition) is 12. The number of ether oxygens (including phenoxy) is 1. The summed E-state index contributed by atoms with van der Waals surface area (Å²) >= 11 is 2.22. The predicted octanol–water partition coefficient (Wildman–Crippen LogP) is 2.29. The lowest BCUT2D eigenvalue weighted by atomic mass is 9.91. The van der Waals surface area contributed by atoms with Crippen LogP contribution in [0.2, 0.25) is 0 Å². The lowest BCUT2D eigenvalue weighted by Gasteiger charge is -2.50. The van der Waals surface area contributed by atoms with E-state index in [1.54, 1.807) is 0 Å². The number of nitrogens with two attached hydrogens (primary N) is 1. The molecule has 0 unspecified atom stereocenters. The van der Waals surface area contributed by atoms with Crippen LogP contribution in [-0.4, -0.2) is 81.2 Å². The summed E-state index contributed by atoms with van der Waals surface area (Å²) < 4.78 is 43.5. The summed E-state index contributed by atoms with van der Waals surface area (Å²) in [5, 5.41) is 10.1. The molecule has 1 aromatic heterocycles. The minimum absolute atomic E-state index is 0.00134. The van der Waals surface area contributed by atoms with Crippen molar-refractivity contribution in [1.82, 2.24) is 20.5 Å². The molecule has 1 aromatic rings. The van der Waals surface area contributed by atoms with Crippen LogP contribution in [0.1, 0.15) is 57.1 Å². The van der Waals surface area contributed by atoms with Crippen LogP contribution < -0.4 is 16.4 Å². The molecule has 6 rings (SSSR count). The average molecular weight is 683 g/mol. The Hall–Kier alpha value is -3.93. The first-order chi connectivity index (χ1) is 21.9. The number of halogens is 3. The number of β-lactam (4-membered cyclic amide) rings is 1. The number of alkyl halides is 3. The lowest BCUT2D eigenvalue weighted by molar-refractivity contribution is -0.201. The van der Waals surface area contributed by atoms with Crippen LogP contribution in [0.3, 0.4) is 0 Å². The molecule has 0 bridgehead atoms. The van der Waals surface area contributed by atoms with Crippen molar-refractivity contribution in [1.29, 1.82) is 0 Å². The van der Waals surface area contributed by atoms with Crippen LogP contribution in [0.4, 0.5) is 18.3 Å². The number of fused-ring (bicyclic) bond motifs is 1. The molecule has 3 aliphatic heterocycles. The third-order valence-electron chi connectivity index (χ3n) is 8.29. The zero-order valence-corrected chi connectivity index (χ0v) is 25.8. The number of thiazole rings is 1. The molecule has 13 nitrogen and oxygen atoms in total. The summed E-state index contributed by atoms with van der Waals surface area (Å²) in [6, 6.07) is -1.22. The number of nitrogens with zero attached hydrogens (tertiary/aromatic N) is 3. The van der Waals surface area contributed by atoms with Gasteiger partial charge in [0.2, 0.25) is 5.91 Å². The van der Waals surface area contributed by atoms with Crippen LogP contribution in [-0.2, 0) is 33.5 Å². The Morgan fingerprint density at radius 3 is 2.52 bits per heavy atom. The number of thioether (sulfide) groups is 1. The van der Waals surface area contributed by atoms with Crippen molar-refractivity contribution < 1.29 is 46.7 Å². The van der Waals surface area contributed by atoms with Crippen molar-refractivity contribution in [3.8, 4) is 0 Å². The fourth-order valence-corrected chi connectivity index (χ4v) is 7.74. The molecular weight excluding hydrogens is 653 g/mol. The maximum Gasteiger partial charge on any atom is 0.491 e. The summed E-state index contributed by atoms with van der Waals surface area (Å²) in [4.78, 5) is 75.3. The number of nitrogens with one attached hydrogen (secondary N) is 2. The molecule has 4 N–H and O–H groups in total. The van der Waals surface area contributed by atoms with E-state index in [0.29, 0.717) is 30.5 Å². The number of nitrogen functional groups attached to an aromatic ring is 1. The molecule has 0 spiro atoms. The smallest absolute Gasteiger partial charge is 0.392 e. The van der Waals surface area contributed by atoms with Crippen LogP contribution in [0.5, 0.6) is 0 Å². The number of allylic oxidation sites excluding steroid dienone is 1. The van der Waals surface area contributed by atoms with Gasteiger partial charge in [0, 0.05) is 23.3 Å². The minimum Gasteiger partial charge on any atom is -0.392 e. The highest BCUT2D eigenvalue weighted by Crippen LogP contribution is 2.47. The quantitative estimate of drug-likeness (QED) is 0.0873. The predicted molar refractivity (Wildman–Crippen MR) is 158 cm³/mol. The third-order valence-corrected chi connectivity index (χ3v) is 10.2. The first kappa shape index (κ1) is 32.0. The van der Waals surface area contributed by atoms with Gasteiger partial charge in [0.15, 0.2) is 10.8 Å². The molecule has 18 heteroatoms. The number of oxime groups is 1. The molecular formula is C28H29F3N6O7S2. The highest BCUT2D eigenvalue weighted by Gasteiger charge is 2.56. The molecule has 0 radical (unpaired) electrons. The van der Waals surface area contributed by atoms with Crippen molar-refractivity contribution in [3.05, 3.63) is 33.5 Å². The second-order valence-electron chi connectivity index (χ2n) is 11.5. The first-order valence-electron chi connectivity index (χ1n) is 14.7. The summed E-state index contributed by atoms with van der Waals surface area (Å²) in [5.74, 6) is -6.22. The molecule has 246 valence electrons. The molecule has 2 aliphatic carbocycles. The van der Waals surface area contributed by atoms with Crippen LogP contribution >= 0.6 is 23.1 Å². The lowest BCUT2D eigenvalue weighted by Crippen LogP contribution is -2.71. The van der Waals surface area contributed by atoms with Gasteiger partial charge in [-0.25, -0.2) is 14.6 Å². The standard InChI is InChI=1S/C28H29F3N6O7S2/c29-28(30,31)26(42)43-25(41)20-16(15(9-12-5-6-12)14-7-8-33-21(14)38)10-45-24-19(23(40)37(20)24)35-22(39)18(17-11-46-27(32)34-17)36-44-13-3-1-2-4-13/h11-13,19,24H,1-10H2,(H2,32,34)(H,33,38)(H,35,39)/b15-14+,36-18-/t19-,24-/m1/s1. The topological polar surface area (TPSA) is 182 Å². The number of amides is 3. The molecule has 2 saturated heterocycles. The molecule has 4 heterocycles. The second kappa shape index (κ2) is 12.7. The maximum atomic E-state index is 13.6. The SMILES string of the molecule is Nc1nc(/C(=N/OC2CCCC2)C(=O)N[C@@H]2C(=O)N3C(C(=O)OC(=O)C(F)(F)F)=C(/C(CC4CC4)=C4\CCNC4=O)CS[C@H]23)cs1. The van der Waals surface area contributed by atoms with E-state index in [0.717, 1.165) is 66.5 Å². The van der Waals surface area contributed by atoms with E-state index >= 15 is 0 Å². The molecule has 4 fully saturated rings. The highest BCUT2D eigenvalue weighted by molar-refractivity contribution is 8.00. The van der Waals surface area contributed by atoms with E-state index < -0.39 is 47.0 Å². The van der Waals surface area contributed by atoms with E-state index in [9.17, 15) is 37.1 Å². The monoisotopic (exact) mass is 682 g/mol.